The molecule has 0 unspecified atom stereocenters. The highest BCUT2D eigenvalue weighted by Crippen LogP contribution is 2.35. The van der Waals surface area contributed by atoms with Gasteiger partial charge in [0.25, 0.3) is 0 Å². The van der Waals surface area contributed by atoms with Gasteiger partial charge in [0.1, 0.15) is 18.9 Å². The van der Waals surface area contributed by atoms with Crippen LogP contribution in [0.25, 0.3) is 16.9 Å². The zero-order valence-electron chi connectivity index (χ0n) is 11.3. The van der Waals surface area contributed by atoms with Crippen LogP contribution in [0.5, 0.6) is 11.5 Å². The van der Waals surface area contributed by atoms with E-state index in [0.29, 0.717) is 19.1 Å². The minimum atomic E-state index is 0.398. The maximum atomic E-state index is 6.13. The standard InChI is InChI=1S/C16H13ClN2O2/c17-10-12-16(18-15-3-1-2-6-19(12)15)11-4-5-13-14(9-11)21-8-7-20-13/h1-6,9H,7-8,10H2. The second kappa shape index (κ2) is 4.97. The third-order valence-corrected chi connectivity index (χ3v) is 3.82. The number of fused-ring (bicyclic) bond motifs is 2. The average molecular weight is 301 g/mol. The van der Waals surface area contributed by atoms with E-state index in [9.17, 15) is 0 Å². The normalized spacial score (nSPS) is 13.6. The molecule has 4 rings (SSSR count). The monoisotopic (exact) mass is 300 g/mol. The van der Waals surface area contributed by atoms with E-state index in [1.54, 1.807) is 0 Å². The van der Waals surface area contributed by atoms with Gasteiger partial charge in [-0.15, -0.1) is 11.6 Å². The fourth-order valence-corrected chi connectivity index (χ4v) is 2.85. The number of ether oxygens (including phenoxy) is 2. The maximum absolute atomic E-state index is 6.13. The molecule has 0 aliphatic carbocycles. The molecule has 1 aliphatic rings. The second-order valence-electron chi connectivity index (χ2n) is 4.83. The lowest BCUT2D eigenvalue weighted by molar-refractivity contribution is 0.171. The molecule has 0 saturated heterocycles. The summed E-state index contributed by atoms with van der Waals surface area (Å²) in [6.45, 7) is 1.16. The molecule has 1 aromatic carbocycles. The van der Waals surface area contributed by atoms with E-state index in [-0.39, 0.29) is 0 Å². The Hall–Kier alpha value is -2.20. The Labute approximate surface area is 126 Å². The Balaban J connectivity index is 1.89. The predicted octanol–water partition coefficient (Wildman–Crippen LogP) is 3.51. The first kappa shape index (κ1) is 12.5. The number of halogens is 1. The SMILES string of the molecule is ClCc1c(-c2ccc3c(c2)OCCO3)nc2ccccn12. The molecule has 0 bridgehead atoms. The van der Waals surface area contributed by atoms with Gasteiger partial charge in [0.05, 0.1) is 17.3 Å². The maximum Gasteiger partial charge on any atom is 0.162 e. The van der Waals surface area contributed by atoms with E-state index in [4.69, 9.17) is 21.1 Å². The molecule has 0 amide bonds. The van der Waals surface area contributed by atoms with Gasteiger partial charge in [-0.1, -0.05) is 6.07 Å². The number of hydrogen-bond acceptors (Lipinski definition) is 3. The Morgan fingerprint density at radius 2 is 1.95 bits per heavy atom. The molecule has 0 N–H and O–H groups in total. The molecule has 5 heteroatoms. The van der Waals surface area contributed by atoms with E-state index < -0.39 is 0 Å². The molecule has 21 heavy (non-hydrogen) atoms. The lowest BCUT2D eigenvalue weighted by Gasteiger charge is -2.18. The van der Waals surface area contributed by atoms with Gasteiger partial charge in [0.2, 0.25) is 0 Å². The molecular weight excluding hydrogens is 288 g/mol. The van der Waals surface area contributed by atoms with Crippen LogP contribution in [0, 0.1) is 0 Å². The lowest BCUT2D eigenvalue weighted by Crippen LogP contribution is -2.15. The molecule has 0 atom stereocenters. The Morgan fingerprint density at radius 1 is 1.10 bits per heavy atom. The first-order chi connectivity index (χ1) is 10.4. The number of rotatable bonds is 2. The van der Waals surface area contributed by atoms with Crippen molar-refractivity contribution in [1.29, 1.82) is 0 Å². The summed E-state index contributed by atoms with van der Waals surface area (Å²) in [5, 5.41) is 0. The smallest absolute Gasteiger partial charge is 0.162 e. The molecule has 0 spiro atoms. The van der Waals surface area contributed by atoms with Crippen LogP contribution in [-0.4, -0.2) is 22.6 Å². The summed E-state index contributed by atoms with van der Waals surface area (Å²) < 4.78 is 13.2. The van der Waals surface area contributed by atoms with Gasteiger partial charge < -0.3 is 13.9 Å². The summed E-state index contributed by atoms with van der Waals surface area (Å²) in [6, 6.07) is 11.8. The van der Waals surface area contributed by atoms with E-state index in [2.05, 4.69) is 4.98 Å². The van der Waals surface area contributed by atoms with E-state index >= 15 is 0 Å². The third kappa shape index (κ3) is 2.03. The lowest BCUT2D eigenvalue weighted by atomic mass is 10.1. The van der Waals surface area contributed by atoms with Crippen LogP contribution >= 0.6 is 11.6 Å². The molecule has 4 nitrogen and oxygen atoms in total. The van der Waals surface area contributed by atoms with Crippen LogP contribution in [0.4, 0.5) is 0 Å². The Bertz CT molecular complexity index is 813. The second-order valence-corrected chi connectivity index (χ2v) is 5.10. The van der Waals surface area contributed by atoms with Crippen LogP contribution < -0.4 is 9.47 Å². The van der Waals surface area contributed by atoms with Gasteiger partial charge in [-0.25, -0.2) is 4.98 Å². The summed E-state index contributed by atoms with van der Waals surface area (Å²) in [4.78, 5) is 4.68. The number of pyridine rings is 1. The minimum Gasteiger partial charge on any atom is -0.486 e. The molecule has 106 valence electrons. The van der Waals surface area contributed by atoms with Gasteiger partial charge in [-0.05, 0) is 30.3 Å². The fourth-order valence-electron chi connectivity index (χ4n) is 2.60. The molecule has 3 aromatic rings. The predicted molar refractivity (Wildman–Crippen MR) is 81.2 cm³/mol. The van der Waals surface area contributed by atoms with Crippen molar-refractivity contribution in [2.45, 2.75) is 5.88 Å². The molecule has 0 saturated carbocycles. The van der Waals surface area contributed by atoms with E-state index in [0.717, 1.165) is 34.1 Å². The van der Waals surface area contributed by atoms with Crippen LogP contribution in [0.15, 0.2) is 42.6 Å². The van der Waals surface area contributed by atoms with Crippen molar-refractivity contribution in [3.05, 3.63) is 48.3 Å². The molecule has 1 aliphatic heterocycles. The van der Waals surface area contributed by atoms with Crippen molar-refractivity contribution in [3.8, 4) is 22.8 Å². The topological polar surface area (TPSA) is 35.8 Å². The fraction of sp³-hybridized carbons (Fsp3) is 0.188. The Kier molecular flexibility index (Phi) is 2.97. The first-order valence-electron chi connectivity index (χ1n) is 6.79. The molecule has 2 aromatic heterocycles. The van der Waals surface area contributed by atoms with Crippen LogP contribution in [0.1, 0.15) is 5.69 Å². The van der Waals surface area contributed by atoms with Crippen molar-refractivity contribution in [3.63, 3.8) is 0 Å². The number of benzene rings is 1. The molecule has 3 heterocycles. The minimum absolute atomic E-state index is 0.398. The number of alkyl halides is 1. The van der Waals surface area contributed by atoms with Crippen molar-refractivity contribution in [2.75, 3.05) is 13.2 Å². The van der Waals surface area contributed by atoms with Gasteiger partial charge in [0, 0.05) is 11.8 Å². The van der Waals surface area contributed by atoms with Gasteiger partial charge in [0.15, 0.2) is 11.5 Å². The summed E-state index contributed by atoms with van der Waals surface area (Å²) in [5.41, 5.74) is 3.73. The van der Waals surface area contributed by atoms with Crippen molar-refractivity contribution >= 4 is 17.2 Å². The summed E-state index contributed by atoms with van der Waals surface area (Å²) in [7, 11) is 0. The Morgan fingerprint density at radius 3 is 2.81 bits per heavy atom. The van der Waals surface area contributed by atoms with Gasteiger partial charge >= 0.3 is 0 Å². The van der Waals surface area contributed by atoms with E-state index in [1.807, 2.05) is 47.0 Å². The third-order valence-electron chi connectivity index (χ3n) is 3.57. The van der Waals surface area contributed by atoms with Crippen molar-refractivity contribution in [2.24, 2.45) is 0 Å². The summed E-state index contributed by atoms with van der Waals surface area (Å²) in [6.07, 6.45) is 1.97. The zero-order valence-corrected chi connectivity index (χ0v) is 12.0. The highest BCUT2D eigenvalue weighted by molar-refractivity contribution is 6.17. The van der Waals surface area contributed by atoms with Crippen LogP contribution in [0.2, 0.25) is 0 Å². The molecule has 0 fully saturated rings. The van der Waals surface area contributed by atoms with E-state index in [1.165, 1.54) is 0 Å². The quantitative estimate of drug-likeness (QED) is 0.679. The highest BCUT2D eigenvalue weighted by Gasteiger charge is 2.17. The first-order valence-corrected chi connectivity index (χ1v) is 7.32. The number of imidazole rings is 1. The highest BCUT2D eigenvalue weighted by atomic mass is 35.5. The van der Waals surface area contributed by atoms with Gasteiger partial charge in [-0.2, -0.15) is 0 Å². The average Bonchev–Trinajstić information content (AvgIpc) is 2.93. The van der Waals surface area contributed by atoms with Crippen LogP contribution in [0.3, 0.4) is 0 Å². The number of aromatic nitrogens is 2. The van der Waals surface area contributed by atoms with Crippen molar-refractivity contribution < 1.29 is 9.47 Å². The number of hydrogen-bond donors (Lipinski definition) is 0. The van der Waals surface area contributed by atoms with Gasteiger partial charge in [-0.3, -0.25) is 0 Å². The van der Waals surface area contributed by atoms with Crippen molar-refractivity contribution in [1.82, 2.24) is 9.38 Å². The summed E-state index contributed by atoms with van der Waals surface area (Å²) in [5.74, 6) is 1.94. The molecular formula is C16H13ClN2O2. The number of nitrogens with zero attached hydrogens (tertiary/aromatic N) is 2. The largest absolute Gasteiger partial charge is 0.486 e. The molecule has 0 radical (unpaired) electrons. The van der Waals surface area contributed by atoms with Crippen LogP contribution in [-0.2, 0) is 5.88 Å². The zero-order chi connectivity index (χ0) is 14.2. The summed E-state index contributed by atoms with van der Waals surface area (Å²) >= 11 is 6.13.